The summed E-state index contributed by atoms with van der Waals surface area (Å²) in [5.41, 5.74) is 7.57. The number of rotatable bonds is 2. The van der Waals surface area contributed by atoms with Crippen LogP contribution in [0.5, 0.6) is 0 Å². The predicted molar refractivity (Wildman–Crippen MR) is 132 cm³/mol. The van der Waals surface area contributed by atoms with Crippen molar-refractivity contribution in [1.29, 1.82) is 0 Å². The minimum absolute atomic E-state index is 0.704. The van der Waals surface area contributed by atoms with Crippen LogP contribution in [0.4, 0.5) is 5.69 Å². The minimum atomic E-state index is 0.704. The molecule has 1 aromatic carbocycles. The lowest BCUT2D eigenvalue weighted by Gasteiger charge is -2.35. The summed E-state index contributed by atoms with van der Waals surface area (Å²) in [4.78, 5) is 18.8. The van der Waals surface area contributed by atoms with Crippen LogP contribution < -0.4 is 4.90 Å². The van der Waals surface area contributed by atoms with Crippen LogP contribution in [-0.4, -0.2) is 15.0 Å². The molecule has 0 bridgehead atoms. The number of nitrogens with zero attached hydrogens (tertiary/aromatic N) is 4. The van der Waals surface area contributed by atoms with Gasteiger partial charge < -0.3 is 4.90 Å². The summed E-state index contributed by atoms with van der Waals surface area (Å²) in [6, 6.07) is 12.6. The molecular formula is C27H22N4S. The van der Waals surface area contributed by atoms with Gasteiger partial charge in [0.05, 0.1) is 23.3 Å². The van der Waals surface area contributed by atoms with E-state index in [0.717, 1.165) is 36.9 Å². The fraction of sp³-hybridized carbons (Fsp3) is 0.148. The molecule has 0 saturated carbocycles. The number of benzene rings is 1. The average Bonchev–Trinajstić information content (AvgIpc) is 3.23. The molecule has 2 aliphatic carbocycles. The highest BCUT2D eigenvalue weighted by molar-refractivity contribution is 8.03. The molecule has 4 nitrogen and oxygen atoms in total. The average molecular weight is 435 g/mol. The van der Waals surface area contributed by atoms with Crippen LogP contribution >= 0.6 is 11.8 Å². The van der Waals surface area contributed by atoms with Crippen molar-refractivity contribution >= 4 is 34.2 Å². The fourth-order valence-electron chi connectivity index (χ4n) is 4.40. The second-order valence-electron chi connectivity index (χ2n) is 7.96. The highest BCUT2D eigenvalue weighted by atomic mass is 32.2. The molecule has 3 heterocycles. The van der Waals surface area contributed by atoms with E-state index in [0.29, 0.717) is 5.65 Å². The maximum atomic E-state index is 4.78. The van der Waals surface area contributed by atoms with Crippen molar-refractivity contribution in [3.63, 3.8) is 0 Å². The quantitative estimate of drug-likeness (QED) is 0.443. The third-order valence-corrected chi connectivity index (χ3v) is 7.07. The Kier molecular flexibility index (Phi) is 4.96. The van der Waals surface area contributed by atoms with Gasteiger partial charge in [0.15, 0.2) is 5.65 Å². The molecule has 156 valence electrons. The molecule has 0 unspecified atom stereocenters. The van der Waals surface area contributed by atoms with Crippen molar-refractivity contribution in [1.82, 2.24) is 15.0 Å². The van der Waals surface area contributed by atoms with E-state index in [4.69, 9.17) is 4.98 Å². The molecule has 0 fully saturated rings. The zero-order chi connectivity index (χ0) is 21.3. The summed E-state index contributed by atoms with van der Waals surface area (Å²) in [5, 5.41) is 0. The van der Waals surface area contributed by atoms with E-state index in [1.165, 1.54) is 32.5 Å². The van der Waals surface area contributed by atoms with Gasteiger partial charge in [0.1, 0.15) is 5.52 Å². The number of hydrogen-bond donors (Lipinski definition) is 0. The van der Waals surface area contributed by atoms with E-state index in [2.05, 4.69) is 75.6 Å². The molecule has 1 aliphatic heterocycles. The monoisotopic (exact) mass is 434 g/mol. The van der Waals surface area contributed by atoms with Gasteiger partial charge in [-0.15, -0.1) is 0 Å². The Hall–Kier alpha value is -3.44. The first-order chi connectivity index (χ1) is 15.9. The van der Waals surface area contributed by atoms with Crippen LogP contribution in [0.25, 0.3) is 16.7 Å². The van der Waals surface area contributed by atoms with Gasteiger partial charge in [0, 0.05) is 21.7 Å². The Morgan fingerprint density at radius 3 is 2.81 bits per heavy atom. The van der Waals surface area contributed by atoms with Crippen LogP contribution in [0, 0.1) is 0 Å². The first-order valence-corrected chi connectivity index (χ1v) is 11.8. The number of allylic oxidation sites excluding steroid dienone is 8. The smallest absolute Gasteiger partial charge is 0.178 e. The van der Waals surface area contributed by atoms with E-state index in [1.54, 1.807) is 6.20 Å². The Morgan fingerprint density at radius 1 is 0.875 bits per heavy atom. The highest BCUT2D eigenvalue weighted by Crippen LogP contribution is 2.47. The number of anilines is 1. The lowest BCUT2D eigenvalue weighted by Crippen LogP contribution is -2.24. The molecule has 2 aromatic heterocycles. The molecule has 3 aromatic rings. The second-order valence-corrected chi connectivity index (χ2v) is 9.04. The van der Waals surface area contributed by atoms with Crippen LogP contribution in [0.15, 0.2) is 106 Å². The molecule has 32 heavy (non-hydrogen) atoms. The van der Waals surface area contributed by atoms with Crippen molar-refractivity contribution in [2.75, 3.05) is 4.90 Å². The first kappa shape index (κ1) is 19.3. The topological polar surface area (TPSA) is 41.9 Å². The molecule has 0 atom stereocenters. The molecule has 3 aliphatic rings. The van der Waals surface area contributed by atoms with E-state index in [9.17, 15) is 0 Å². The SMILES string of the molecule is C1=CC2=C(C=CC1)N(C1=CCC=C(c3cnc4cccnc4n3)CC1)c1ccccc1S2. The Morgan fingerprint density at radius 2 is 1.81 bits per heavy atom. The third kappa shape index (κ3) is 3.49. The van der Waals surface area contributed by atoms with Crippen molar-refractivity contribution in [3.8, 4) is 0 Å². The van der Waals surface area contributed by atoms with Crippen molar-refractivity contribution in [2.24, 2.45) is 0 Å². The fourth-order valence-corrected chi connectivity index (χ4v) is 5.48. The number of para-hydroxylation sites is 1. The summed E-state index contributed by atoms with van der Waals surface area (Å²) in [6.45, 7) is 0. The molecule has 0 amide bonds. The zero-order valence-electron chi connectivity index (χ0n) is 17.6. The minimum Gasteiger partial charge on any atom is -0.312 e. The summed E-state index contributed by atoms with van der Waals surface area (Å²) in [6.07, 6.45) is 21.0. The Bertz CT molecular complexity index is 1360. The van der Waals surface area contributed by atoms with E-state index in [1.807, 2.05) is 30.1 Å². The normalized spacial score (nSPS) is 17.9. The van der Waals surface area contributed by atoms with Gasteiger partial charge in [-0.25, -0.2) is 9.97 Å². The van der Waals surface area contributed by atoms with Crippen LogP contribution in [0.2, 0.25) is 0 Å². The van der Waals surface area contributed by atoms with Gasteiger partial charge in [0.2, 0.25) is 0 Å². The molecule has 0 N–H and O–H groups in total. The van der Waals surface area contributed by atoms with Crippen LogP contribution in [0.3, 0.4) is 0 Å². The summed E-state index contributed by atoms with van der Waals surface area (Å²) < 4.78 is 0. The number of aromatic nitrogens is 3. The maximum absolute atomic E-state index is 4.78. The number of pyridine rings is 1. The van der Waals surface area contributed by atoms with E-state index < -0.39 is 0 Å². The lowest BCUT2D eigenvalue weighted by atomic mass is 10.1. The Balaban J connectivity index is 1.33. The summed E-state index contributed by atoms with van der Waals surface area (Å²) in [5.74, 6) is 0. The summed E-state index contributed by atoms with van der Waals surface area (Å²) >= 11 is 1.86. The highest BCUT2D eigenvalue weighted by Gasteiger charge is 2.27. The molecule has 5 heteroatoms. The maximum Gasteiger partial charge on any atom is 0.178 e. The summed E-state index contributed by atoms with van der Waals surface area (Å²) in [7, 11) is 0. The number of hydrogen-bond acceptors (Lipinski definition) is 5. The largest absolute Gasteiger partial charge is 0.312 e. The lowest BCUT2D eigenvalue weighted by molar-refractivity contribution is 0.912. The Labute approximate surface area is 191 Å². The van der Waals surface area contributed by atoms with Crippen LogP contribution in [0.1, 0.15) is 31.4 Å². The van der Waals surface area contributed by atoms with Crippen molar-refractivity contribution < 1.29 is 0 Å². The number of thioether (sulfide) groups is 1. The van der Waals surface area contributed by atoms with E-state index >= 15 is 0 Å². The van der Waals surface area contributed by atoms with Gasteiger partial charge >= 0.3 is 0 Å². The molecule has 0 radical (unpaired) electrons. The first-order valence-electron chi connectivity index (χ1n) is 11.0. The van der Waals surface area contributed by atoms with Gasteiger partial charge in [-0.1, -0.05) is 48.2 Å². The van der Waals surface area contributed by atoms with Gasteiger partial charge in [0.25, 0.3) is 0 Å². The van der Waals surface area contributed by atoms with Crippen molar-refractivity contribution in [3.05, 3.63) is 107 Å². The van der Waals surface area contributed by atoms with Gasteiger partial charge in [-0.05, 0) is 67.7 Å². The molecular weight excluding hydrogens is 412 g/mol. The predicted octanol–water partition coefficient (Wildman–Crippen LogP) is 6.82. The van der Waals surface area contributed by atoms with Crippen LogP contribution in [-0.2, 0) is 0 Å². The second kappa shape index (κ2) is 8.24. The van der Waals surface area contributed by atoms with Crippen molar-refractivity contribution in [2.45, 2.75) is 30.6 Å². The standard InChI is InChI=1S/C27H22N4S/c1-2-11-23-25(13-3-1)32-26-14-5-4-12-24(26)31(23)20-9-6-8-19(15-16-20)22-18-29-21-10-7-17-28-27(21)30-22/h2-5,7-14,17-18H,1,6,15-16H2. The molecule has 0 spiro atoms. The molecule has 6 rings (SSSR count). The van der Waals surface area contributed by atoms with Gasteiger partial charge in [-0.3, -0.25) is 4.98 Å². The van der Waals surface area contributed by atoms with Gasteiger partial charge in [-0.2, -0.15) is 0 Å². The molecule has 0 saturated heterocycles. The number of fused-ring (bicyclic) bond motifs is 2. The zero-order valence-corrected chi connectivity index (χ0v) is 18.4. The third-order valence-electron chi connectivity index (χ3n) is 5.94. The van der Waals surface area contributed by atoms with E-state index in [-0.39, 0.29) is 0 Å².